The molecule has 10 heteroatoms. The van der Waals surface area contributed by atoms with Gasteiger partial charge in [0.2, 0.25) is 11.8 Å². The van der Waals surface area contributed by atoms with Crippen LogP contribution in [0.3, 0.4) is 0 Å². The Bertz CT molecular complexity index is 2350. The van der Waals surface area contributed by atoms with Gasteiger partial charge < -0.3 is 29.0 Å². The Kier molecular flexibility index (Phi) is 5.26. The number of para-hydroxylation sites is 2. The van der Waals surface area contributed by atoms with Crippen LogP contribution in [0.5, 0.6) is 11.5 Å². The Labute approximate surface area is 240 Å². The van der Waals surface area contributed by atoms with Crippen LogP contribution >= 0.6 is 0 Å². The van der Waals surface area contributed by atoms with Gasteiger partial charge in [0.15, 0.2) is 0 Å². The van der Waals surface area contributed by atoms with E-state index in [4.69, 9.17) is 8.83 Å². The number of hydrogen-bond donors (Lipinski definition) is 4. The van der Waals surface area contributed by atoms with Gasteiger partial charge in [0, 0.05) is 28.2 Å². The van der Waals surface area contributed by atoms with E-state index in [1.54, 1.807) is 12.1 Å². The van der Waals surface area contributed by atoms with E-state index in [0.29, 0.717) is 28.8 Å². The number of fused-ring (bicyclic) bond motifs is 4. The number of rotatable bonds is 4. The number of aromatic hydroxyl groups is 2. The fraction of sp³-hybridized carbons (Fsp3) is 0.0303. The first-order chi connectivity index (χ1) is 20.9. The summed E-state index contributed by atoms with van der Waals surface area (Å²) in [4.78, 5) is 41.9. The van der Waals surface area contributed by atoms with Crippen LogP contribution in [-0.4, -0.2) is 30.1 Å². The molecule has 0 aliphatic carbocycles. The molecule has 0 fully saturated rings. The number of hydrogen-bond acceptors (Lipinski definition) is 8. The van der Waals surface area contributed by atoms with Gasteiger partial charge in [-0.05, 0) is 59.7 Å². The number of phenolic OH excluding ortho intramolecular Hbond substituents is 2. The van der Waals surface area contributed by atoms with Gasteiger partial charge in [-0.25, -0.2) is 19.6 Å². The molecule has 208 valence electrons. The zero-order valence-corrected chi connectivity index (χ0v) is 22.2. The summed E-state index contributed by atoms with van der Waals surface area (Å²) in [5.74, 6) is 0.0911. The summed E-state index contributed by atoms with van der Waals surface area (Å²) in [7, 11) is 0. The minimum atomic E-state index is -0.624. The third-order valence-electron chi connectivity index (χ3n) is 7.63. The van der Waals surface area contributed by atoms with Gasteiger partial charge in [0.1, 0.15) is 22.9 Å². The molecule has 0 spiro atoms. The lowest BCUT2D eigenvalue weighted by molar-refractivity contribution is 0.474. The number of nitrogens with zero attached hydrogens (tertiary/aromatic N) is 2. The van der Waals surface area contributed by atoms with Crippen LogP contribution in [0.2, 0.25) is 0 Å². The average Bonchev–Trinajstić information content (AvgIpc) is 3.57. The predicted octanol–water partition coefficient (Wildman–Crippen LogP) is 5.99. The van der Waals surface area contributed by atoms with Gasteiger partial charge >= 0.3 is 11.3 Å². The molecule has 0 amide bonds. The van der Waals surface area contributed by atoms with Crippen molar-refractivity contribution >= 4 is 43.6 Å². The molecule has 4 aromatic heterocycles. The van der Waals surface area contributed by atoms with Crippen molar-refractivity contribution in [3.8, 4) is 34.7 Å². The highest BCUT2D eigenvalue weighted by molar-refractivity contribution is 5.94. The van der Waals surface area contributed by atoms with E-state index >= 15 is 0 Å². The van der Waals surface area contributed by atoms with Crippen LogP contribution in [0.1, 0.15) is 11.1 Å². The highest BCUT2D eigenvalue weighted by Crippen LogP contribution is 2.37. The van der Waals surface area contributed by atoms with Crippen molar-refractivity contribution in [3.63, 3.8) is 0 Å². The molecule has 43 heavy (non-hydrogen) atoms. The number of aromatic amines is 2. The summed E-state index contributed by atoms with van der Waals surface area (Å²) in [6.07, 6.45) is 0.330. The highest BCUT2D eigenvalue weighted by atomic mass is 16.4. The van der Waals surface area contributed by atoms with Gasteiger partial charge in [-0.15, -0.1) is 0 Å². The molecule has 0 saturated heterocycles. The standard InChI is InChI=1S/C33H20N4O6/c38-16-9-11-26-22(13-16)32(40)42-30(36-26)28-20(18-5-1-3-7-24(18)34-28)15-21-19-6-2-4-8-25(19)35-29(21)31-37-27-12-10-17(39)14-23(27)33(41)43-31/h1-14,34-35,38-39H,15H2. The molecule has 0 bridgehead atoms. The second-order valence-electron chi connectivity index (χ2n) is 10.2. The van der Waals surface area contributed by atoms with Crippen molar-refractivity contribution in [2.45, 2.75) is 6.42 Å². The first-order valence-electron chi connectivity index (χ1n) is 13.4. The van der Waals surface area contributed by atoms with E-state index in [0.717, 1.165) is 32.9 Å². The van der Waals surface area contributed by atoms with Crippen molar-refractivity contribution < 1.29 is 19.0 Å². The molecule has 4 aromatic carbocycles. The normalized spacial score (nSPS) is 11.7. The molecule has 0 atom stereocenters. The zero-order valence-electron chi connectivity index (χ0n) is 22.2. The Hall–Kier alpha value is -6.16. The lowest BCUT2D eigenvalue weighted by atomic mass is 9.98. The van der Waals surface area contributed by atoms with Crippen LogP contribution in [0.15, 0.2) is 103 Å². The molecule has 0 saturated carbocycles. The lowest BCUT2D eigenvalue weighted by Gasteiger charge is -2.08. The first kappa shape index (κ1) is 24.6. The smallest absolute Gasteiger partial charge is 0.347 e. The van der Waals surface area contributed by atoms with Crippen molar-refractivity contribution in [1.29, 1.82) is 0 Å². The largest absolute Gasteiger partial charge is 0.508 e. The van der Waals surface area contributed by atoms with Crippen molar-refractivity contribution in [3.05, 3.63) is 117 Å². The van der Waals surface area contributed by atoms with E-state index in [2.05, 4.69) is 19.9 Å². The van der Waals surface area contributed by atoms with Crippen LogP contribution < -0.4 is 11.3 Å². The summed E-state index contributed by atoms with van der Waals surface area (Å²) < 4.78 is 11.4. The van der Waals surface area contributed by atoms with Crippen LogP contribution in [0.25, 0.3) is 66.8 Å². The fourth-order valence-corrected chi connectivity index (χ4v) is 5.64. The van der Waals surface area contributed by atoms with Crippen molar-refractivity contribution in [2.75, 3.05) is 0 Å². The molecule has 0 radical (unpaired) electrons. The maximum atomic E-state index is 12.9. The second-order valence-corrected chi connectivity index (χ2v) is 10.2. The molecule has 10 nitrogen and oxygen atoms in total. The van der Waals surface area contributed by atoms with Gasteiger partial charge in [0.25, 0.3) is 0 Å². The minimum absolute atomic E-state index is 0.0572. The number of benzene rings is 4. The molecular weight excluding hydrogens is 548 g/mol. The van der Waals surface area contributed by atoms with E-state index in [-0.39, 0.29) is 34.1 Å². The van der Waals surface area contributed by atoms with Gasteiger partial charge in [0.05, 0.1) is 21.8 Å². The Morgan fingerprint density at radius 3 is 1.49 bits per heavy atom. The molecule has 0 aliphatic rings. The maximum Gasteiger partial charge on any atom is 0.347 e. The third-order valence-corrected chi connectivity index (χ3v) is 7.63. The second kappa shape index (κ2) is 9.18. The predicted molar refractivity (Wildman–Crippen MR) is 161 cm³/mol. The van der Waals surface area contributed by atoms with E-state index in [1.165, 1.54) is 24.3 Å². The van der Waals surface area contributed by atoms with Crippen molar-refractivity contribution in [2.24, 2.45) is 0 Å². The van der Waals surface area contributed by atoms with Gasteiger partial charge in [-0.3, -0.25) is 0 Å². The third kappa shape index (κ3) is 3.96. The van der Waals surface area contributed by atoms with E-state index in [9.17, 15) is 19.8 Å². The summed E-state index contributed by atoms with van der Waals surface area (Å²) in [5, 5.41) is 21.9. The zero-order chi connectivity index (χ0) is 29.2. The van der Waals surface area contributed by atoms with E-state index in [1.807, 2.05) is 48.5 Å². The topological polar surface area (TPSA) is 158 Å². The average molecular weight is 569 g/mol. The van der Waals surface area contributed by atoms with Crippen LogP contribution in [-0.2, 0) is 6.42 Å². The molecule has 8 rings (SSSR count). The SMILES string of the molecule is O=c1oc(-c2[nH]c3ccccc3c2Cc2c(-c3nc4ccc(O)cc4c(=O)o3)[nH]c3ccccc23)nc2ccc(O)cc12. The summed E-state index contributed by atoms with van der Waals surface area (Å²) in [6, 6.07) is 24.2. The van der Waals surface area contributed by atoms with Crippen LogP contribution in [0, 0.1) is 0 Å². The fourth-order valence-electron chi connectivity index (χ4n) is 5.64. The summed E-state index contributed by atoms with van der Waals surface area (Å²) in [5.41, 5.74) is 3.82. The molecule has 4 N–H and O–H groups in total. The molecule has 8 aromatic rings. The molecule has 0 unspecified atom stereocenters. The summed E-state index contributed by atoms with van der Waals surface area (Å²) >= 11 is 0. The Balaban J connectivity index is 1.36. The minimum Gasteiger partial charge on any atom is -0.508 e. The lowest BCUT2D eigenvalue weighted by Crippen LogP contribution is -2.05. The quantitative estimate of drug-likeness (QED) is 0.202. The molecular formula is C33H20N4O6. The summed E-state index contributed by atoms with van der Waals surface area (Å²) in [6.45, 7) is 0. The number of aromatic nitrogens is 4. The molecule has 4 heterocycles. The van der Waals surface area contributed by atoms with Gasteiger partial charge in [-0.2, -0.15) is 0 Å². The van der Waals surface area contributed by atoms with E-state index < -0.39 is 11.3 Å². The maximum absolute atomic E-state index is 12.9. The first-order valence-corrected chi connectivity index (χ1v) is 13.4. The number of nitrogens with one attached hydrogen (secondary N) is 2. The van der Waals surface area contributed by atoms with Crippen molar-refractivity contribution in [1.82, 2.24) is 19.9 Å². The van der Waals surface area contributed by atoms with Gasteiger partial charge in [-0.1, -0.05) is 36.4 Å². The number of H-pyrrole nitrogens is 2. The monoisotopic (exact) mass is 568 g/mol. The number of phenols is 2. The highest BCUT2D eigenvalue weighted by Gasteiger charge is 2.24. The Morgan fingerprint density at radius 1 is 0.581 bits per heavy atom. The van der Waals surface area contributed by atoms with Crippen LogP contribution in [0.4, 0.5) is 0 Å². The Morgan fingerprint density at radius 2 is 1.02 bits per heavy atom. The molecule has 0 aliphatic heterocycles.